The minimum absolute atomic E-state index is 0.0427. The number of amides is 2. The number of aryl methyl sites for hydroxylation is 1. The lowest BCUT2D eigenvalue weighted by molar-refractivity contribution is -0.132. The number of nitrogens with one attached hydrogen (secondary N) is 1. The average Bonchev–Trinajstić information content (AvgIpc) is 3.22. The summed E-state index contributed by atoms with van der Waals surface area (Å²) in [6, 6.07) is 7.89. The largest absolute Gasteiger partial charge is 0.497 e. The van der Waals surface area contributed by atoms with Crippen molar-refractivity contribution in [2.24, 2.45) is 0 Å². The Labute approximate surface area is 171 Å². The molecule has 2 aromatic rings. The molecule has 0 radical (unpaired) electrons. The number of ether oxygens (including phenoxy) is 1. The third kappa shape index (κ3) is 5.56. The summed E-state index contributed by atoms with van der Waals surface area (Å²) in [5, 5.41) is 10.9. The summed E-state index contributed by atoms with van der Waals surface area (Å²) in [6.07, 6.45) is 4.67. The van der Waals surface area contributed by atoms with Gasteiger partial charge in [0.1, 0.15) is 5.75 Å². The molecule has 1 aromatic heterocycles. The van der Waals surface area contributed by atoms with Crippen molar-refractivity contribution in [3.05, 3.63) is 41.7 Å². The first-order valence-corrected chi connectivity index (χ1v) is 10.1. The Morgan fingerprint density at radius 3 is 2.72 bits per heavy atom. The van der Waals surface area contributed by atoms with Gasteiger partial charge in [0, 0.05) is 25.6 Å². The number of hydrogen-bond acceptors (Lipinski definition) is 5. The first-order valence-electron chi connectivity index (χ1n) is 10.1. The molecule has 1 aromatic carbocycles. The molecule has 3 rings (SSSR count). The monoisotopic (exact) mass is 399 g/mol. The van der Waals surface area contributed by atoms with Crippen LogP contribution in [0.15, 0.2) is 30.5 Å². The van der Waals surface area contributed by atoms with E-state index >= 15 is 0 Å². The minimum Gasteiger partial charge on any atom is -0.497 e. The van der Waals surface area contributed by atoms with E-state index in [2.05, 4.69) is 15.6 Å². The van der Waals surface area contributed by atoms with E-state index in [9.17, 15) is 9.59 Å². The van der Waals surface area contributed by atoms with Crippen LogP contribution in [-0.4, -0.2) is 57.9 Å². The van der Waals surface area contributed by atoms with Gasteiger partial charge in [-0.2, -0.15) is 0 Å². The van der Waals surface area contributed by atoms with E-state index in [-0.39, 0.29) is 23.9 Å². The Balaban J connectivity index is 1.55. The predicted octanol–water partition coefficient (Wildman–Crippen LogP) is 2.22. The molecular weight excluding hydrogens is 370 g/mol. The lowest BCUT2D eigenvalue weighted by Crippen LogP contribution is -2.41. The van der Waals surface area contributed by atoms with Crippen molar-refractivity contribution >= 4 is 11.8 Å². The van der Waals surface area contributed by atoms with E-state index in [1.165, 1.54) is 0 Å². The van der Waals surface area contributed by atoms with Gasteiger partial charge in [-0.1, -0.05) is 17.3 Å². The fourth-order valence-electron chi connectivity index (χ4n) is 3.49. The highest BCUT2D eigenvalue weighted by Crippen LogP contribution is 2.22. The van der Waals surface area contributed by atoms with Crippen LogP contribution < -0.4 is 10.1 Å². The maximum Gasteiger partial charge on any atom is 0.273 e. The van der Waals surface area contributed by atoms with Gasteiger partial charge in [0.25, 0.3) is 5.91 Å². The third-order valence-corrected chi connectivity index (χ3v) is 5.07. The molecule has 2 heterocycles. The van der Waals surface area contributed by atoms with Crippen molar-refractivity contribution in [3.63, 3.8) is 0 Å². The quantitative estimate of drug-likeness (QED) is 0.771. The highest BCUT2D eigenvalue weighted by Gasteiger charge is 2.26. The lowest BCUT2D eigenvalue weighted by Gasteiger charge is -2.32. The number of hydrogen-bond donors (Lipinski definition) is 1. The number of carbonyl (C=O) groups excluding carboxylic acids is 2. The Morgan fingerprint density at radius 1 is 1.28 bits per heavy atom. The van der Waals surface area contributed by atoms with Gasteiger partial charge in [-0.15, -0.1) is 5.10 Å². The molecule has 0 spiro atoms. The van der Waals surface area contributed by atoms with Crippen LogP contribution in [0.3, 0.4) is 0 Å². The lowest BCUT2D eigenvalue weighted by atomic mass is 10.0. The average molecular weight is 399 g/mol. The highest BCUT2D eigenvalue weighted by atomic mass is 16.5. The van der Waals surface area contributed by atoms with Crippen molar-refractivity contribution in [3.8, 4) is 5.75 Å². The molecule has 1 aliphatic rings. The van der Waals surface area contributed by atoms with Gasteiger partial charge in [0.2, 0.25) is 5.91 Å². The zero-order chi connectivity index (χ0) is 20.8. The molecule has 8 heteroatoms. The number of aromatic nitrogens is 3. The molecular formula is C21H29N5O3. The van der Waals surface area contributed by atoms with Crippen molar-refractivity contribution in [1.29, 1.82) is 0 Å². The molecule has 1 saturated heterocycles. The summed E-state index contributed by atoms with van der Waals surface area (Å²) in [7, 11) is 1.64. The topological polar surface area (TPSA) is 89.4 Å². The molecule has 0 saturated carbocycles. The maximum absolute atomic E-state index is 12.7. The highest BCUT2D eigenvalue weighted by molar-refractivity contribution is 5.92. The minimum atomic E-state index is -0.227. The van der Waals surface area contributed by atoms with Crippen LogP contribution in [0.1, 0.15) is 55.2 Å². The summed E-state index contributed by atoms with van der Waals surface area (Å²) >= 11 is 0. The van der Waals surface area contributed by atoms with Gasteiger partial charge in [-0.25, -0.2) is 4.68 Å². The fourth-order valence-corrected chi connectivity index (χ4v) is 3.49. The Morgan fingerprint density at radius 2 is 2.03 bits per heavy atom. The van der Waals surface area contributed by atoms with Gasteiger partial charge in [0.15, 0.2) is 5.69 Å². The van der Waals surface area contributed by atoms with Crippen LogP contribution in [0.5, 0.6) is 5.75 Å². The van der Waals surface area contributed by atoms with Crippen LogP contribution in [0.25, 0.3) is 0 Å². The third-order valence-electron chi connectivity index (χ3n) is 5.07. The zero-order valence-electron chi connectivity index (χ0n) is 17.3. The molecule has 0 bridgehead atoms. The molecule has 156 valence electrons. The van der Waals surface area contributed by atoms with E-state index in [0.717, 1.165) is 30.7 Å². The number of carbonyl (C=O) groups is 2. The Bertz CT molecular complexity index is 831. The predicted molar refractivity (Wildman–Crippen MR) is 109 cm³/mol. The number of piperidine rings is 1. The molecule has 0 aliphatic carbocycles. The summed E-state index contributed by atoms with van der Waals surface area (Å²) in [5.41, 5.74) is 1.42. The summed E-state index contributed by atoms with van der Waals surface area (Å²) < 4.78 is 6.89. The fraction of sp³-hybridized carbons (Fsp3) is 0.524. The van der Waals surface area contributed by atoms with Gasteiger partial charge < -0.3 is 15.0 Å². The molecule has 1 unspecified atom stereocenters. The summed E-state index contributed by atoms with van der Waals surface area (Å²) in [5.74, 6) is 0.728. The molecule has 1 atom stereocenters. The van der Waals surface area contributed by atoms with Gasteiger partial charge in [-0.3, -0.25) is 9.59 Å². The second kappa shape index (κ2) is 9.54. The summed E-state index contributed by atoms with van der Waals surface area (Å²) in [4.78, 5) is 26.7. The Kier molecular flexibility index (Phi) is 6.85. The van der Waals surface area contributed by atoms with Gasteiger partial charge >= 0.3 is 0 Å². The molecule has 2 amide bonds. The number of methoxy groups -OCH3 is 1. The van der Waals surface area contributed by atoms with E-state index in [1.807, 2.05) is 43.0 Å². The van der Waals surface area contributed by atoms with E-state index in [4.69, 9.17) is 4.74 Å². The second-order valence-corrected chi connectivity index (χ2v) is 7.70. The van der Waals surface area contributed by atoms with Crippen LogP contribution in [0.2, 0.25) is 0 Å². The van der Waals surface area contributed by atoms with Crippen molar-refractivity contribution < 1.29 is 14.3 Å². The maximum atomic E-state index is 12.7. The van der Waals surface area contributed by atoms with Crippen LogP contribution in [0, 0.1) is 0 Å². The van der Waals surface area contributed by atoms with Crippen molar-refractivity contribution in [2.45, 2.75) is 51.6 Å². The van der Waals surface area contributed by atoms with Crippen LogP contribution >= 0.6 is 0 Å². The molecule has 1 aliphatic heterocycles. The first kappa shape index (κ1) is 20.8. The standard InChI is InChI=1S/C21H29N5O3/c1-15(2)22-21(28)19-14-26(24-23-19)17-5-4-12-25(13-17)20(27)11-8-16-6-9-18(29-3)10-7-16/h6-7,9-10,14-15,17H,4-5,8,11-13H2,1-3H3,(H,22,28). The second-order valence-electron chi connectivity index (χ2n) is 7.70. The summed E-state index contributed by atoms with van der Waals surface area (Å²) in [6.45, 7) is 5.15. The smallest absolute Gasteiger partial charge is 0.273 e. The number of rotatable bonds is 7. The van der Waals surface area contributed by atoms with E-state index in [0.29, 0.717) is 25.1 Å². The molecule has 1 N–H and O–H groups in total. The molecule has 8 nitrogen and oxygen atoms in total. The number of benzene rings is 1. The van der Waals surface area contributed by atoms with Gasteiger partial charge in [0.05, 0.1) is 19.3 Å². The normalized spacial score (nSPS) is 16.7. The van der Waals surface area contributed by atoms with Gasteiger partial charge in [-0.05, 0) is 50.8 Å². The first-order chi connectivity index (χ1) is 14.0. The number of nitrogens with zero attached hydrogens (tertiary/aromatic N) is 4. The van der Waals surface area contributed by atoms with Crippen molar-refractivity contribution in [2.75, 3.05) is 20.2 Å². The van der Waals surface area contributed by atoms with Crippen molar-refractivity contribution in [1.82, 2.24) is 25.2 Å². The zero-order valence-corrected chi connectivity index (χ0v) is 17.3. The molecule has 29 heavy (non-hydrogen) atoms. The Hall–Kier alpha value is -2.90. The SMILES string of the molecule is COc1ccc(CCC(=O)N2CCCC(n3cc(C(=O)NC(C)C)nn3)C2)cc1. The van der Waals surface area contributed by atoms with E-state index in [1.54, 1.807) is 18.0 Å². The molecule has 1 fully saturated rings. The van der Waals surface area contributed by atoms with Crippen LogP contribution in [-0.2, 0) is 11.2 Å². The van der Waals surface area contributed by atoms with E-state index < -0.39 is 0 Å². The van der Waals surface area contributed by atoms with Crippen LogP contribution in [0.4, 0.5) is 0 Å². The number of likely N-dealkylation sites (tertiary alicyclic amines) is 1.